The number of hydrogen-bond acceptors (Lipinski definition) is 3. The molecule has 6 heteroatoms. The molecule has 2 heterocycles. The van der Waals surface area contributed by atoms with Gasteiger partial charge in [-0.1, -0.05) is 29.3 Å². The van der Waals surface area contributed by atoms with Crippen molar-refractivity contribution in [2.45, 2.75) is 12.8 Å². The van der Waals surface area contributed by atoms with Crippen molar-refractivity contribution in [3.05, 3.63) is 38.7 Å². The summed E-state index contributed by atoms with van der Waals surface area (Å²) in [7, 11) is 0. The molecule has 0 unspecified atom stereocenters. The first-order valence-corrected chi connectivity index (χ1v) is 7.94. The molecule has 0 atom stereocenters. The number of carbonyl (C=O) groups is 1. The van der Waals surface area contributed by atoms with Crippen molar-refractivity contribution in [1.82, 2.24) is 4.90 Å². The van der Waals surface area contributed by atoms with Crippen LogP contribution in [-0.4, -0.2) is 29.1 Å². The lowest BCUT2D eigenvalue weighted by molar-refractivity contribution is -0.113. The molecule has 1 amide bonds. The second-order valence-corrected chi connectivity index (χ2v) is 6.46. The van der Waals surface area contributed by atoms with Crippen LogP contribution < -0.4 is 0 Å². The van der Waals surface area contributed by atoms with Gasteiger partial charge < -0.3 is 4.90 Å². The van der Waals surface area contributed by atoms with Crippen LogP contribution in [0.15, 0.2) is 28.1 Å². The molecule has 3 rings (SSSR count). The average molecular weight is 327 g/mol. The largest absolute Gasteiger partial charge is 0.351 e. The topological polar surface area (TPSA) is 32.7 Å². The zero-order valence-corrected chi connectivity index (χ0v) is 12.9. The second kappa shape index (κ2) is 5.80. The van der Waals surface area contributed by atoms with Crippen LogP contribution in [0.1, 0.15) is 18.4 Å². The first-order valence-electron chi connectivity index (χ1n) is 6.36. The van der Waals surface area contributed by atoms with E-state index in [1.54, 1.807) is 24.3 Å². The number of likely N-dealkylation sites (tertiary alicyclic amines) is 1. The highest BCUT2D eigenvalue weighted by molar-refractivity contribution is 8.18. The maximum Gasteiger partial charge on any atom is 0.286 e. The van der Waals surface area contributed by atoms with E-state index in [0.717, 1.165) is 31.1 Å². The third-order valence-electron chi connectivity index (χ3n) is 3.26. The first-order chi connectivity index (χ1) is 9.65. The highest BCUT2D eigenvalue weighted by Crippen LogP contribution is 2.34. The Morgan fingerprint density at radius 3 is 2.50 bits per heavy atom. The van der Waals surface area contributed by atoms with Crippen LogP contribution in [0.2, 0.25) is 10.0 Å². The van der Waals surface area contributed by atoms with Crippen LogP contribution in [0.25, 0.3) is 6.08 Å². The number of halogens is 2. The van der Waals surface area contributed by atoms with Crippen LogP contribution >= 0.6 is 35.0 Å². The van der Waals surface area contributed by atoms with Gasteiger partial charge in [0.1, 0.15) is 0 Å². The molecule has 1 saturated heterocycles. The monoisotopic (exact) mass is 326 g/mol. The fraction of sp³-hybridized carbons (Fsp3) is 0.286. The minimum Gasteiger partial charge on any atom is -0.351 e. The molecule has 0 bridgehead atoms. The summed E-state index contributed by atoms with van der Waals surface area (Å²) in [6.45, 7) is 1.94. The Morgan fingerprint density at radius 2 is 1.85 bits per heavy atom. The number of rotatable bonds is 1. The quantitative estimate of drug-likeness (QED) is 0.729. The van der Waals surface area contributed by atoms with Gasteiger partial charge in [-0.15, -0.1) is 0 Å². The number of thioether (sulfide) groups is 1. The van der Waals surface area contributed by atoms with E-state index < -0.39 is 0 Å². The molecule has 0 spiro atoms. The van der Waals surface area contributed by atoms with Crippen molar-refractivity contribution in [1.29, 1.82) is 0 Å². The zero-order chi connectivity index (χ0) is 14.1. The van der Waals surface area contributed by atoms with Crippen molar-refractivity contribution in [2.75, 3.05) is 13.1 Å². The molecular formula is C14H12Cl2N2OS. The molecule has 0 aromatic heterocycles. The van der Waals surface area contributed by atoms with E-state index in [1.165, 1.54) is 11.8 Å². The van der Waals surface area contributed by atoms with Gasteiger partial charge in [0.2, 0.25) is 0 Å². The molecule has 0 radical (unpaired) electrons. The molecule has 1 aromatic carbocycles. The molecule has 104 valence electrons. The Kier molecular flexibility index (Phi) is 4.06. The molecule has 0 N–H and O–H groups in total. The van der Waals surface area contributed by atoms with Crippen LogP contribution in [0.5, 0.6) is 0 Å². The smallest absolute Gasteiger partial charge is 0.286 e. The molecular weight excluding hydrogens is 315 g/mol. The SMILES string of the molecule is O=C1N=C(N2CCCC2)S/C1=C/c1c(Cl)cccc1Cl. The number of benzene rings is 1. The molecule has 0 aliphatic carbocycles. The van der Waals surface area contributed by atoms with Crippen molar-refractivity contribution in [2.24, 2.45) is 4.99 Å². The summed E-state index contributed by atoms with van der Waals surface area (Å²) in [5.74, 6) is -0.215. The van der Waals surface area contributed by atoms with Gasteiger partial charge in [-0.3, -0.25) is 4.79 Å². The van der Waals surface area contributed by atoms with Crippen molar-refractivity contribution >= 4 is 52.1 Å². The number of aliphatic imine (C=N–C) groups is 1. The fourth-order valence-electron chi connectivity index (χ4n) is 2.22. The number of nitrogens with zero attached hydrogens (tertiary/aromatic N) is 2. The zero-order valence-electron chi connectivity index (χ0n) is 10.6. The Labute approximate surface area is 131 Å². The Bertz CT molecular complexity index is 601. The average Bonchev–Trinajstić information content (AvgIpc) is 3.04. The normalized spacial score (nSPS) is 20.9. The Morgan fingerprint density at radius 1 is 1.20 bits per heavy atom. The molecule has 2 aliphatic heterocycles. The van der Waals surface area contributed by atoms with Crippen molar-refractivity contribution in [3.8, 4) is 0 Å². The standard InChI is InChI=1S/C14H12Cl2N2OS/c15-10-4-3-5-11(16)9(10)8-12-13(19)17-14(20-12)18-6-1-2-7-18/h3-5,8H,1-2,6-7H2/b12-8+. The third-order valence-corrected chi connectivity index (χ3v) is 4.96. The van der Waals surface area contributed by atoms with E-state index in [-0.39, 0.29) is 5.91 Å². The van der Waals surface area contributed by atoms with E-state index in [4.69, 9.17) is 23.2 Å². The predicted molar refractivity (Wildman–Crippen MR) is 85.3 cm³/mol. The van der Waals surface area contributed by atoms with Gasteiger partial charge in [-0.05, 0) is 42.8 Å². The highest BCUT2D eigenvalue weighted by Gasteiger charge is 2.27. The van der Waals surface area contributed by atoms with Gasteiger partial charge in [-0.25, -0.2) is 0 Å². The van der Waals surface area contributed by atoms with Gasteiger partial charge in [0, 0.05) is 28.7 Å². The predicted octanol–water partition coefficient (Wildman–Crippen LogP) is 4.06. The van der Waals surface area contributed by atoms with Crippen LogP contribution in [0, 0.1) is 0 Å². The Balaban J connectivity index is 1.86. The van der Waals surface area contributed by atoms with Crippen molar-refractivity contribution in [3.63, 3.8) is 0 Å². The summed E-state index contributed by atoms with van der Waals surface area (Å²) in [5.41, 5.74) is 0.671. The number of amidine groups is 1. The number of amides is 1. The summed E-state index contributed by atoms with van der Waals surface area (Å²) < 4.78 is 0. The molecule has 20 heavy (non-hydrogen) atoms. The Hall–Kier alpha value is -0.970. The van der Waals surface area contributed by atoms with E-state index in [0.29, 0.717) is 20.5 Å². The van der Waals surface area contributed by atoms with Crippen LogP contribution in [-0.2, 0) is 4.79 Å². The lowest BCUT2D eigenvalue weighted by atomic mass is 10.2. The maximum atomic E-state index is 12.0. The maximum absolute atomic E-state index is 12.0. The lowest BCUT2D eigenvalue weighted by Crippen LogP contribution is -2.23. The summed E-state index contributed by atoms with van der Waals surface area (Å²) in [6, 6.07) is 5.29. The van der Waals surface area contributed by atoms with Gasteiger partial charge in [0.05, 0.1) is 4.91 Å². The van der Waals surface area contributed by atoms with E-state index in [2.05, 4.69) is 9.89 Å². The second-order valence-electron chi connectivity index (χ2n) is 4.64. The summed E-state index contributed by atoms with van der Waals surface area (Å²) in [5, 5.41) is 1.86. The number of carbonyl (C=O) groups excluding carboxylic acids is 1. The van der Waals surface area contributed by atoms with E-state index in [9.17, 15) is 4.79 Å². The first kappa shape index (κ1) is 14.0. The molecule has 0 saturated carbocycles. The highest BCUT2D eigenvalue weighted by atomic mass is 35.5. The summed E-state index contributed by atoms with van der Waals surface area (Å²) >= 11 is 13.6. The van der Waals surface area contributed by atoms with Crippen LogP contribution in [0.3, 0.4) is 0 Å². The fourth-order valence-corrected chi connectivity index (χ4v) is 3.67. The van der Waals surface area contributed by atoms with Crippen molar-refractivity contribution < 1.29 is 4.79 Å². The molecule has 2 aliphatic rings. The number of hydrogen-bond donors (Lipinski definition) is 0. The van der Waals surface area contributed by atoms with E-state index in [1.807, 2.05) is 0 Å². The molecule has 3 nitrogen and oxygen atoms in total. The third kappa shape index (κ3) is 2.73. The summed E-state index contributed by atoms with van der Waals surface area (Å²) in [6.07, 6.45) is 4.04. The van der Waals surface area contributed by atoms with Gasteiger partial charge in [0.15, 0.2) is 5.17 Å². The van der Waals surface area contributed by atoms with Gasteiger partial charge in [-0.2, -0.15) is 4.99 Å². The lowest BCUT2D eigenvalue weighted by Gasteiger charge is -2.14. The molecule has 1 aromatic rings. The molecule has 1 fully saturated rings. The van der Waals surface area contributed by atoms with Gasteiger partial charge in [0.25, 0.3) is 5.91 Å². The van der Waals surface area contributed by atoms with E-state index >= 15 is 0 Å². The van der Waals surface area contributed by atoms with Crippen LogP contribution in [0.4, 0.5) is 0 Å². The summed E-state index contributed by atoms with van der Waals surface area (Å²) in [4.78, 5) is 18.8. The minimum absolute atomic E-state index is 0.215. The minimum atomic E-state index is -0.215. The van der Waals surface area contributed by atoms with Gasteiger partial charge >= 0.3 is 0 Å².